The first-order chi connectivity index (χ1) is 17.2. The maximum absolute atomic E-state index is 13.5. The molecule has 0 spiro atoms. The van der Waals surface area contributed by atoms with Gasteiger partial charge in [-0.1, -0.05) is 43.7 Å². The van der Waals surface area contributed by atoms with Gasteiger partial charge in [0.05, 0.1) is 0 Å². The van der Waals surface area contributed by atoms with Crippen molar-refractivity contribution in [3.05, 3.63) is 88.3 Å². The molecule has 4 rings (SSSR count). The largest absolute Gasteiger partial charge is 0.382 e. The first kappa shape index (κ1) is 25.8. The molecule has 1 aliphatic carbocycles. The first-order valence-corrected chi connectivity index (χ1v) is 13.0. The summed E-state index contributed by atoms with van der Waals surface area (Å²) in [7, 11) is 4.15. The Bertz CT molecular complexity index is 1200. The van der Waals surface area contributed by atoms with Gasteiger partial charge in [-0.05, 0) is 99.3 Å². The Morgan fingerprint density at radius 1 is 1.06 bits per heavy atom. The molecule has 0 unspecified atom stereocenters. The normalized spacial score (nSPS) is 16.3. The highest BCUT2D eigenvalue weighted by molar-refractivity contribution is 5.99. The van der Waals surface area contributed by atoms with Crippen LogP contribution in [0.5, 0.6) is 0 Å². The molecule has 1 fully saturated rings. The Hall–Kier alpha value is -3.31. The van der Waals surface area contributed by atoms with Gasteiger partial charge in [0.25, 0.3) is 5.91 Å². The molecule has 1 amide bonds. The molecule has 0 bridgehead atoms. The lowest BCUT2D eigenvalue weighted by atomic mass is 9.96. The van der Waals surface area contributed by atoms with Crippen LogP contribution in [-0.2, 0) is 6.54 Å². The van der Waals surface area contributed by atoms with E-state index in [4.69, 9.17) is 0 Å². The first-order valence-electron chi connectivity index (χ1n) is 13.0. The van der Waals surface area contributed by atoms with Crippen LogP contribution in [0.25, 0.3) is 11.1 Å². The van der Waals surface area contributed by atoms with Crippen LogP contribution < -0.4 is 16.0 Å². The van der Waals surface area contributed by atoms with Crippen LogP contribution in [0.15, 0.2) is 71.6 Å². The minimum Gasteiger partial charge on any atom is -0.382 e. The van der Waals surface area contributed by atoms with Gasteiger partial charge in [-0.3, -0.25) is 4.79 Å². The molecule has 1 heterocycles. The molecule has 5 heteroatoms. The summed E-state index contributed by atoms with van der Waals surface area (Å²) in [4.78, 5) is 15.7. The highest BCUT2D eigenvalue weighted by atomic mass is 16.1. The van der Waals surface area contributed by atoms with Crippen molar-refractivity contribution in [2.75, 3.05) is 26.0 Å². The molecule has 2 aliphatic rings. The summed E-state index contributed by atoms with van der Waals surface area (Å²) in [6.45, 7) is 11.6. The maximum Gasteiger partial charge on any atom is 0.251 e. The van der Waals surface area contributed by atoms with Crippen LogP contribution in [0, 0.1) is 6.92 Å². The van der Waals surface area contributed by atoms with Gasteiger partial charge in [0.2, 0.25) is 0 Å². The lowest BCUT2D eigenvalue weighted by Gasteiger charge is -2.22. The molecule has 2 aromatic carbocycles. The monoisotopic (exact) mass is 484 g/mol. The highest BCUT2D eigenvalue weighted by Gasteiger charge is 2.20. The summed E-state index contributed by atoms with van der Waals surface area (Å²) in [5.41, 5.74) is 10.3. The van der Waals surface area contributed by atoms with Crippen molar-refractivity contribution in [1.82, 2.24) is 15.5 Å². The van der Waals surface area contributed by atoms with Gasteiger partial charge in [-0.2, -0.15) is 0 Å². The number of dihydropyridines is 1. The van der Waals surface area contributed by atoms with Gasteiger partial charge in [-0.25, -0.2) is 0 Å². The summed E-state index contributed by atoms with van der Waals surface area (Å²) < 4.78 is 0. The second-order valence-electron chi connectivity index (χ2n) is 10.5. The van der Waals surface area contributed by atoms with E-state index in [1.165, 1.54) is 31.2 Å². The summed E-state index contributed by atoms with van der Waals surface area (Å²) >= 11 is 0. The highest BCUT2D eigenvalue weighted by Crippen LogP contribution is 2.32. The van der Waals surface area contributed by atoms with E-state index in [2.05, 4.69) is 84.9 Å². The van der Waals surface area contributed by atoms with E-state index in [0.717, 1.165) is 51.5 Å². The van der Waals surface area contributed by atoms with Gasteiger partial charge in [0.15, 0.2) is 0 Å². The molecule has 0 radical (unpaired) electrons. The Kier molecular flexibility index (Phi) is 8.00. The Morgan fingerprint density at radius 2 is 1.75 bits per heavy atom. The number of hydrogen-bond acceptors (Lipinski definition) is 4. The summed E-state index contributed by atoms with van der Waals surface area (Å²) in [6, 6.07) is 13.4. The molecule has 0 atom stereocenters. The van der Waals surface area contributed by atoms with E-state index in [1.807, 2.05) is 19.9 Å². The van der Waals surface area contributed by atoms with Crippen molar-refractivity contribution in [3.8, 4) is 11.1 Å². The quantitative estimate of drug-likeness (QED) is 0.421. The molecular formula is C31H40N4O. The Morgan fingerprint density at radius 3 is 2.39 bits per heavy atom. The fourth-order valence-electron chi connectivity index (χ4n) is 5.23. The molecule has 5 nitrogen and oxygen atoms in total. The second kappa shape index (κ2) is 11.2. The van der Waals surface area contributed by atoms with Gasteiger partial charge in [0.1, 0.15) is 0 Å². The van der Waals surface area contributed by atoms with Crippen LogP contribution >= 0.6 is 0 Å². The van der Waals surface area contributed by atoms with Crippen molar-refractivity contribution >= 4 is 11.6 Å². The zero-order chi connectivity index (χ0) is 25.8. The molecular weight excluding hydrogens is 444 g/mol. The van der Waals surface area contributed by atoms with E-state index in [9.17, 15) is 4.79 Å². The summed E-state index contributed by atoms with van der Waals surface area (Å²) in [6.07, 6.45) is 6.97. The third-order valence-electron chi connectivity index (χ3n) is 7.20. The van der Waals surface area contributed by atoms with Crippen molar-refractivity contribution in [2.24, 2.45) is 0 Å². The lowest BCUT2D eigenvalue weighted by Crippen LogP contribution is -2.30. The van der Waals surface area contributed by atoms with Crippen molar-refractivity contribution in [3.63, 3.8) is 0 Å². The molecule has 36 heavy (non-hydrogen) atoms. The fourth-order valence-corrected chi connectivity index (χ4v) is 5.23. The molecule has 2 aromatic rings. The minimum absolute atomic E-state index is 0.0626. The predicted octanol–water partition coefficient (Wildman–Crippen LogP) is 6.15. The number of hydrogen-bond donors (Lipinski definition) is 3. The number of anilines is 1. The number of benzene rings is 2. The average Bonchev–Trinajstić information content (AvgIpc) is 3.33. The minimum atomic E-state index is -0.0626. The Balaban J connectivity index is 1.63. The average molecular weight is 485 g/mol. The zero-order valence-corrected chi connectivity index (χ0v) is 22.4. The number of allylic oxidation sites excluding steroid dienone is 3. The smallest absolute Gasteiger partial charge is 0.251 e. The van der Waals surface area contributed by atoms with Gasteiger partial charge in [0, 0.05) is 41.8 Å². The molecule has 190 valence electrons. The Labute approximate surface area is 216 Å². The summed E-state index contributed by atoms with van der Waals surface area (Å²) in [5, 5.41) is 10.2. The van der Waals surface area contributed by atoms with Gasteiger partial charge < -0.3 is 20.9 Å². The van der Waals surface area contributed by atoms with Crippen molar-refractivity contribution in [2.45, 2.75) is 59.0 Å². The standard InChI is InChI=1S/C31H40N4O/c1-20-15-21(2)33-23(4)29(20)18-32-31(36)28-16-26(25-13-11-24(12-14-25)19-35(5)6)17-30(22(28)3)34-27-9-7-8-10-27/h11-17,27,33-34H,4,7-10,18-19H2,1-3,5-6H3,(H,32,36). The van der Waals surface area contributed by atoms with E-state index < -0.39 is 0 Å². The van der Waals surface area contributed by atoms with Crippen LogP contribution in [-0.4, -0.2) is 37.5 Å². The predicted molar refractivity (Wildman–Crippen MR) is 151 cm³/mol. The topological polar surface area (TPSA) is 56.4 Å². The van der Waals surface area contributed by atoms with E-state index >= 15 is 0 Å². The van der Waals surface area contributed by atoms with Crippen LogP contribution in [0.3, 0.4) is 0 Å². The fraction of sp³-hybridized carbons (Fsp3) is 0.387. The third-order valence-corrected chi connectivity index (χ3v) is 7.20. The van der Waals surface area contributed by atoms with Crippen LogP contribution in [0.2, 0.25) is 0 Å². The second-order valence-corrected chi connectivity index (χ2v) is 10.5. The molecule has 1 aliphatic heterocycles. The number of carbonyl (C=O) groups excluding carboxylic acids is 1. The third kappa shape index (κ3) is 6.08. The van der Waals surface area contributed by atoms with Crippen molar-refractivity contribution in [1.29, 1.82) is 0 Å². The number of rotatable bonds is 8. The molecule has 1 saturated carbocycles. The molecule has 0 aromatic heterocycles. The number of amides is 1. The van der Waals surface area contributed by atoms with E-state index in [-0.39, 0.29) is 5.91 Å². The van der Waals surface area contributed by atoms with E-state index in [1.54, 1.807) is 0 Å². The lowest BCUT2D eigenvalue weighted by molar-refractivity contribution is 0.0956. The summed E-state index contributed by atoms with van der Waals surface area (Å²) in [5.74, 6) is -0.0626. The maximum atomic E-state index is 13.5. The number of carbonyl (C=O) groups is 1. The van der Waals surface area contributed by atoms with Gasteiger partial charge >= 0.3 is 0 Å². The molecule has 0 saturated heterocycles. The SMILES string of the molecule is C=C1NC(C)=CC(C)=C1CNC(=O)c1cc(-c2ccc(CN(C)C)cc2)cc(NC2CCCC2)c1C. The molecule has 3 N–H and O–H groups in total. The zero-order valence-electron chi connectivity index (χ0n) is 22.4. The van der Waals surface area contributed by atoms with Crippen LogP contribution in [0.4, 0.5) is 5.69 Å². The number of nitrogens with one attached hydrogen (secondary N) is 3. The number of nitrogens with zero attached hydrogens (tertiary/aromatic N) is 1. The van der Waals surface area contributed by atoms with E-state index in [0.29, 0.717) is 18.2 Å². The van der Waals surface area contributed by atoms with Crippen LogP contribution in [0.1, 0.15) is 61.0 Å². The van der Waals surface area contributed by atoms with Crippen molar-refractivity contribution < 1.29 is 4.79 Å². The van der Waals surface area contributed by atoms with Gasteiger partial charge in [-0.15, -0.1) is 0 Å².